The topological polar surface area (TPSA) is 85.9 Å². The fraction of sp³-hybridized carbons (Fsp3) is 0.529. The Labute approximate surface area is 142 Å². The third kappa shape index (κ3) is 8.50. The molecule has 1 rings (SSSR count). The van der Waals surface area contributed by atoms with E-state index in [1.54, 1.807) is 20.8 Å². The number of carbonyl (C=O) groups excluding carboxylic acids is 2. The van der Waals surface area contributed by atoms with Gasteiger partial charge in [0.05, 0.1) is 13.7 Å². The van der Waals surface area contributed by atoms with E-state index in [4.69, 9.17) is 14.3 Å². The zero-order chi connectivity index (χ0) is 18.0. The normalized spacial score (nSPS) is 12.3. The van der Waals surface area contributed by atoms with E-state index >= 15 is 0 Å². The molecule has 0 spiro atoms. The molecule has 0 bridgehead atoms. The maximum atomic E-state index is 11.8. The van der Waals surface area contributed by atoms with Crippen LogP contribution in [-0.2, 0) is 25.7 Å². The third-order valence-corrected chi connectivity index (χ3v) is 2.90. The van der Waals surface area contributed by atoms with Gasteiger partial charge in [0, 0.05) is 6.54 Å². The lowest BCUT2D eigenvalue weighted by molar-refractivity contribution is -0.143. The van der Waals surface area contributed by atoms with Gasteiger partial charge in [-0.25, -0.2) is 15.1 Å². The van der Waals surface area contributed by atoms with Crippen LogP contribution in [0.25, 0.3) is 0 Å². The van der Waals surface area contributed by atoms with E-state index < -0.39 is 23.7 Å². The number of hydroxylamine groups is 1. The second-order valence-corrected chi connectivity index (χ2v) is 6.18. The molecular weight excluding hydrogens is 312 g/mol. The van der Waals surface area contributed by atoms with Crippen molar-refractivity contribution in [3.05, 3.63) is 35.9 Å². The minimum absolute atomic E-state index is 0.306. The van der Waals surface area contributed by atoms with Gasteiger partial charge < -0.3 is 14.8 Å². The van der Waals surface area contributed by atoms with Crippen LogP contribution in [0.1, 0.15) is 32.8 Å². The van der Waals surface area contributed by atoms with E-state index in [-0.39, 0.29) is 0 Å². The average Bonchev–Trinajstić information content (AvgIpc) is 2.52. The Hall–Kier alpha value is -2.12. The van der Waals surface area contributed by atoms with Crippen molar-refractivity contribution in [3.63, 3.8) is 0 Å². The molecule has 24 heavy (non-hydrogen) atoms. The highest BCUT2D eigenvalue weighted by Gasteiger charge is 2.24. The first-order valence-corrected chi connectivity index (χ1v) is 7.78. The summed E-state index contributed by atoms with van der Waals surface area (Å²) in [5.41, 5.74) is 3.16. The van der Waals surface area contributed by atoms with E-state index in [0.29, 0.717) is 19.6 Å². The molecule has 0 saturated heterocycles. The predicted molar refractivity (Wildman–Crippen MR) is 89.0 cm³/mol. The van der Waals surface area contributed by atoms with Crippen LogP contribution in [0.4, 0.5) is 4.79 Å². The Bertz CT molecular complexity index is 513. The molecule has 0 aliphatic carbocycles. The molecule has 1 amide bonds. The van der Waals surface area contributed by atoms with Crippen LogP contribution >= 0.6 is 0 Å². The third-order valence-electron chi connectivity index (χ3n) is 2.90. The second kappa shape index (κ2) is 9.89. The van der Waals surface area contributed by atoms with Crippen LogP contribution < -0.4 is 10.8 Å². The summed E-state index contributed by atoms with van der Waals surface area (Å²) >= 11 is 0. The maximum Gasteiger partial charge on any atom is 0.408 e. The number of methoxy groups -OCH3 is 1. The smallest absolute Gasteiger partial charge is 0.408 e. The van der Waals surface area contributed by atoms with Gasteiger partial charge in [-0.05, 0) is 32.8 Å². The van der Waals surface area contributed by atoms with Crippen LogP contribution in [0.2, 0.25) is 0 Å². The Morgan fingerprint density at radius 2 is 1.83 bits per heavy atom. The highest BCUT2D eigenvalue weighted by Crippen LogP contribution is 2.07. The summed E-state index contributed by atoms with van der Waals surface area (Å²) < 4.78 is 9.83. The first-order chi connectivity index (χ1) is 11.3. The summed E-state index contributed by atoms with van der Waals surface area (Å²) in [4.78, 5) is 28.8. The molecule has 1 aromatic rings. The van der Waals surface area contributed by atoms with E-state index in [0.717, 1.165) is 5.56 Å². The van der Waals surface area contributed by atoms with E-state index in [1.165, 1.54) is 7.11 Å². The number of benzene rings is 1. The number of carbonyl (C=O) groups is 2. The summed E-state index contributed by atoms with van der Waals surface area (Å²) in [6.07, 6.45) is -0.358. The molecule has 1 atom stereocenters. The van der Waals surface area contributed by atoms with Crippen molar-refractivity contribution in [1.82, 2.24) is 10.8 Å². The zero-order valence-corrected chi connectivity index (χ0v) is 14.6. The van der Waals surface area contributed by atoms with Crippen molar-refractivity contribution in [2.45, 2.75) is 45.4 Å². The summed E-state index contributed by atoms with van der Waals surface area (Å²) in [7, 11) is 1.27. The van der Waals surface area contributed by atoms with Crippen LogP contribution in [0, 0.1) is 0 Å². The zero-order valence-electron chi connectivity index (χ0n) is 14.6. The van der Waals surface area contributed by atoms with Crippen molar-refractivity contribution in [2.75, 3.05) is 13.7 Å². The molecule has 0 aliphatic rings. The predicted octanol–water partition coefficient (Wildman–Crippen LogP) is 2.16. The van der Waals surface area contributed by atoms with Gasteiger partial charge in [0.2, 0.25) is 0 Å². The molecule has 7 heteroatoms. The van der Waals surface area contributed by atoms with Gasteiger partial charge >= 0.3 is 12.1 Å². The van der Waals surface area contributed by atoms with Gasteiger partial charge in [-0.1, -0.05) is 30.3 Å². The first-order valence-electron chi connectivity index (χ1n) is 7.78. The lowest BCUT2D eigenvalue weighted by Crippen LogP contribution is -2.45. The summed E-state index contributed by atoms with van der Waals surface area (Å²) in [6, 6.07) is 8.87. The molecular formula is C17H26N2O5. The molecule has 2 N–H and O–H groups in total. The van der Waals surface area contributed by atoms with E-state index in [1.807, 2.05) is 30.3 Å². The van der Waals surface area contributed by atoms with Gasteiger partial charge in [0.1, 0.15) is 11.6 Å². The van der Waals surface area contributed by atoms with Crippen molar-refractivity contribution < 1.29 is 23.9 Å². The molecule has 134 valence electrons. The standard InChI is InChI=1S/C17H26N2O5/c1-17(2,3)24-16(21)19-14(15(20)22-4)10-11-18-23-12-13-8-6-5-7-9-13/h5-9,14,18H,10-12H2,1-4H3,(H,19,21)/t14-/m1/s1. The van der Waals surface area contributed by atoms with Crippen LogP contribution in [0.3, 0.4) is 0 Å². The van der Waals surface area contributed by atoms with Crippen molar-refractivity contribution in [2.24, 2.45) is 0 Å². The Kier molecular flexibility index (Phi) is 8.21. The van der Waals surface area contributed by atoms with Crippen molar-refractivity contribution >= 4 is 12.1 Å². The highest BCUT2D eigenvalue weighted by atomic mass is 16.6. The fourth-order valence-corrected chi connectivity index (χ4v) is 1.83. The number of hydrogen-bond acceptors (Lipinski definition) is 6. The van der Waals surface area contributed by atoms with E-state index in [9.17, 15) is 9.59 Å². The molecule has 0 saturated carbocycles. The number of alkyl carbamates (subject to hydrolysis) is 1. The first kappa shape index (κ1) is 19.9. The number of ether oxygens (including phenoxy) is 2. The van der Waals surface area contributed by atoms with Crippen LogP contribution in [0.5, 0.6) is 0 Å². The number of esters is 1. The quantitative estimate of drug-likeness (QED) is 0.429. The molecule has 0 radical (unpaired) electrons. The largest absolute Gasteiger partial charge is 0.467 e. The fourth-order valence-electron chi connectivity index (χ4n) is 1.83. The highest BCUT2D eigenvalue weighted by molar-refractivity contribution is 5.81. The molecule has 0 aliphatic heterocycles. The second-order valence-electron chi connectivity index (χ2n) is 6.18. The average molecular weight is 338 g/mol. The Balaban J connectivity index is 2.35. The molecule has 0 heterocycles. The van der Waals surface area contributed by atoms with Gasteiger partial charge in [-0.15, -0.1) is 0 Å². The van der Waals surface area contributed by atoms with Gasteiger partial charge in [-0.2, -0.15) is 0 Å². The van der Waals surface area contributed by atoms with Gasteiger partial charge in [-0.3, -0.25) is 4.84 Å². The van der Waals surface area contributed by atoms with Crippen LogP contribution in [-0.4, -0.2) is 37.4 Å². The molecule has 1 aromatic carbocycles. The van der Waals surface area contributed by atoms with Crippen molar-refractivity contribution in [3.8, 4) is 0 Å². The van der Waals surface area contributed by atoms with E-state index in [2.05, 4.69) is 10.8 Å². The summed E-state index contributed by atoms with van der Waals surface area (Å²) in [5.74, 6) is -0.536. The minimum atomic E-state index is -0.808. The van der Waals surface area contributed by atoms with Crippen molar-refractivity contribution in [1.29, 1.82) is 0 Å². The number of nitrogens with one attached hydrogen (secondary N) is 2. The van der Waals surface area contributed by atoms with Crippen LogP contribution in [0.15, 0.2) is 30.3 Å². The molecule has 0 aromatic heterocycles. The monoisotopic (exact) mass is 338 g/mol. The minimum Gasteiger partial charge on any atom is -0.467 e. The van der Waals surface area contributed by atoms with Gasteiger partial charge in [0.25, 0.3) is 0 Å². The van der Waals surface area contributed by atoms with Gasteiger partial charge in [0.15, 0.2) is 0 Å². The molecule has 0 fully saturated rings. The number of hydrogen-bond donors (Lipinski definition) is 2. The number of rotatable bonds is 8. The lowest BCUT2D eigenvalue weighted by atomic mass is 10.2. The number of amides is 1. The molecule has 7 nitrogen and oxygen atoms in total. The Morgan fingerprint density at radius 3 is 2.42 bits per heavy atom. The lowest BCUT2D eigenvalue weighted by Gasteiger charge is -2.22. The SMILES string of the molecule is COC(=O)[C@@H](CCNOCc1ccccc1)NC(=O)OC(C)(C)C. The maximum absolute atomic E-state index is 11.8. The summed E-state index contributed by atoms with van der Waals surface area (Å²) in [5, 5.41) is 2.50. The molecule has 0 unspecified atom stereocenters. The summed E-state index contributed by atoms with van der Waals surface area (Å²) in [6.45, 7) is 6.02. The Morgan fingerprint density at radius 1 is 1.17 bits per heavy atom.